The van der Waals surface area contributed by atoms with Crippen LogP contribution in [0.2, 0.25) is 0 Å². The summed E-state index contributed by atoms with van der Waals surface area (Å²) in [6.07, 6.45) is 0. The quantitative estimate of drug-likeness (QED) is 0.137. The molecule has 1 heteroatoms. The third-order valence-corrected chi connectivity index (χ3v) is 10.9. The molecule has 218 valence electrons. The highest BCUT2D eigenvalue weighted by atomic mass is 32.1. The predicted molar refractivity (Wildman–Crippen MR) is 205 cm³/mol. The van der Waals surface area contributed by atoms with Crippen molar-refractivity contribution in [2.45, 2.75) is 0 Å². The summed E-state index contributed by atoms with van der Waals surface area (Å²) in [5, 5.41) is 10.6. The van der Waals surface area contributed by atoms with Gasteiger partial charge in [0.1, 0.15) is 0 Å². The number of hydrogen-bond acceptors (Lipinski definition) is 1. The Labute approximate surface area is 277 Å². The second-order valence-electron chi connectivity index (χ2n) is 12.4. The highest BCUT2D eigenvalue weighted by Crippen LogP contribution is 2.49. The second-order valence-corrected chi connectivity index (χ2v) is 13.5. The number of benzene rings is 9. The van der Waals surface area contributed by atoms with Gasteiger partial charge >= 0.3 is 0 Å². The maximum Gasteiger partial charge on any atom is 0.0361 e. The van der Waals surface area contributed by atoms with E-state index in [9.17, 15) is 0 Å². The van der Waals surface area contributed by atoms with Crippen LogP contribution in [0.4, 0.5) is 0 Å². The zero-order chi connectivity index (χ0) is 30.9. The van der Waals surface area contributed by atoms with Crippen molar-refractivity contribution in [1.82, 2.24) is 0 Å². The third-order valence-electron chi connectivity index (χ3n) is 9.82. The molecule has 0 spiro atoms. The molecule has 0 bridgehead atoms. The van der Waals surface area contributed by atoms with Crippen LogP contribution in [-0.4, -0.2) is 0 Å². The lowest BCUT2D eigenvalue weighted by molar-refractivity contribution is 1.58. The van der Waals surface area contributed by atoms with Gasteiger partial charge in [-0.05, 0) is 101 Å². The van der Waals surface area contributed by atoms with Crippen LogP contribution in [0.15, 0.2) is 170 Å². The van der Waals surface area contributed by atoms with Crippen molar-refractivity contribution < 1.29 is 0 Å². The molecule has 0 amide bonds. The zero-order valence-electron chi connectivity index (χ0n) is 25.6. The Kier molecular flexibility index (Phi) is 5.85. The van der Waals surface area contributed by atoms with Crippen LogP contribution >= 0.6 is 11.3 Å². The van der Waals surface area contributed by atoms with E-state index in [4.69, 9.17) is 0 Å². The first-order chi connectivity index (χ1) is 23.3. The Balaban J connectivity index is 1.19. The first-order valence-corrected chi connectivity index (χ1v) is 17.0. The molecule has 1 heterocycles. The van der Waals surface area contributed by atoms with Crippen LogP contribution in [0.3, 0.4) is 0 Å². The molecule has 0 saturated carbocycles. The Bertz CT molecular complexity index is 2710. The molecular weight excluding hydrogens is 585 g/mol. The van der Waals surface area contributed by atoms with Crippen LogP contribution in [0.5, 0.6) is 0 Å². The Morgan fingerprint density at radius 3 is 1.47 bits per heavy atom. The fourth-order valence-corrected chi connectivity index (χ4v) is 8.91. The molecule has 0 saturated heterocycles. The molecule has 0 aliphatic heterocycles. The molecular formula is C46H28S. The first-order valence-electron chi connectivity index (χ1n) is 16.2. The molecule has 1 aromatic heterocycles. The Morgan fingerprint density at radius 1 is 0.298 bits per heavy atom. The van der Waals surface area contributed by atoms with Crippen LogP contribution in [0.1, 0.15) is 0 Å². The van der Waals surface area contributed by atoms with Gasteiger partial charge in [0.25, 0.3) is 0 Å². The molecule has 0 aliphatic rings. The van der Waals surface area contributed by atoms with Crippen molar-refractivity contribution >= 4 is 63.8 Å². The minimum absolute atomic E-state index is 1.22. The molecule has 0 nitrogen and oxygen atoms in total. The van der Waals surface area contributed by atoms with Gasteiger partial charge in [0.05, 0.1) is 0 Å². The molecule has 9 aromatic carbocycles. The normalized spacial score (nSPS) is 11.8. The largest absolute Gasteiger partial charge is 0.135 e. The summed E-state index contributed by atoms with van der Waals surface area (Å²) in [7, 11) is 0. The number of rotatable bonds is 4. The van der Waals surface area contributed by atoms with Crippen LogP contribution in [-0.2, 0) is 0 Å². The van der Waals surface area contributed by atoms with Gasteiger partial charge < -0.3 is 0 Å². The topological polar surface area (TPSA) is 0 Å². The van der Waals surface area contributed by atoms with Crippen LogP contribution in [0.25, 0.3) is 97.0 Å². The van der Waals surface area contributed by atoms with E-state index in [0.717, 1.165) is 0 Å². The lowest BCUT2D eigenvalue weighted by Gasteiger charge is -2.19. The van der Waals surface area contributed by atoms with E-state index >= 15 is 0 Å². The summed E-state index contributed by atoms with van der Waals surface area (Å²) >= 11 is 1.90. The third kappa shape index (κ3) is 4.07. The van der Waals surface area contributed by atoms with E-state index in [2.05, 4.69) is 170 Å². The maximum absolute atomic E-state index is 2.43. The van der Waals surface area contributed by atoms with Gasteiger partial charge in [-0.2, -0.15) is 0 Å². The summed E-state index contributed by atoms with van der Waals surface area (Å²) in [5.41, 5.74) is 10.1. The highest BCUT2D eigenvalue weighted by molar-refractivity contribution is 7.26. The lowest BCUT2D eigenvalue weighted by atomic mass is 9.83. The van der Waals surface area contributed by atoms with Crippen molar-refractivity contribution in [2.75, 3.05) is 0 Å². The molecule has 47 heavy (non-hydrogen) atoms. The smallest absolute Gasteiger partial charge is 0.0361 e. The fraction of sp³-hybridized carbons (Fsp3) is 0. The molecule has 0 aliphatic carbocycles. The van der Waals surface area contributed by atoms with E-state index in [1.54, 1.807) is 0 Å². The van der Waals surface area contributed by atoms with Gasteiger partial charge in [0.2, 0.25) is 0 Å². The van der Waals surface area contributed by atoms with Crippen molar-refractivity contribution in [2.24, 2.45) is 0 Å². The second kappa shape index (κ2) is 10.4. The Morgan fingerprint density at radius 2 is 0.787 bits per heavy atom. The molecule has 0 N–H and O–H groups in total. The maximum atomic E-state index is 2.43. The first kappa shape index (κ1) is 26.5. The van der Waals surface area contributed by atoms with Crippen molar-refractivity contribution in [3.63, 3.8) is 0 Å². The van der Waals surface area contributed by atoms with Gasteiger partial charge in [-0.3, -0.25) is 0 Å². The average Bonchev–Trinajstić information content (AvgIpc) is 3.54. The van der Waals surface area contributed by atoms with E-state index in [1.807, 2.05) is 11.3 Å². The summed E-state index contributed by atoms with van der Waals surface area (Å²) in [4.78, 5) is 0. The number of hydrogen-bond donors (Lipinski definition) is 0. The van der Waals surface area contributed by atoms with Crippen molar-refractivity contribution in [1.29, 1.82) is 0 Å². The summed E-state index contributed by atoms with van der Waals surface area (Å²) < 4.78 is 2.72. The van der Waals surface area contributed by atoms with Gasteiger partial charge in [0, 0.05) is 20.2 Å². The minimum Gasteiger partial charge on any atom is -0.135 e. The standard InChI is InChI=1S/C46H28S/c1-2-11-29(12-3-1)32-13-8-14-33(27-32)30-23-25-31(26-24-30)43-35-16-4-6-18-37(35)45(38-19-7-5-17-36(38)43)40-28-34-15-9-21-41-44(34)46-39(40)20-10-22-42(46)47-41/h1-28H. The summed E-state index contributed by atoms with van der Waals surface area (Å²) in [6.45, 7) is 0. The van der Waals surface area contributed by atoms with E-state index in [0.29, 0.717) is 0 Å². The SMILES string of the molecule is c1ccc(-c2cccc(-c3ccc(-c4c5ccccc5c(-c5cc6cccc7sc8cccc5c8c67)c5ccccc45)cc3)c2)cc1. The molecule has 0 fully saturated rings. The van der Waals surface area contributed by atoms with E-state index in [1.165, 1.54) is 97.0 Å². The fourth-order valence-electron chi connectivity index (χ4n) is 7.75. The van der Waals surface area contributed by atoms with Gasteiger partial charge in [0.15, 0.2) is 0 Å². The molecule has 0 atom stereocenters. The molecule has 0 unspecified atom stereocenters. The van der Waals surface area contributed by atoms with Crippen LogP contribution in [0, 0.1) is 0 Å². The van der Waals surface area contributed by atoms with E-state index in [-0.39, 0.29) is 0 Å². The van der Waals surface area contributed by atoms with Crippen LogP contribution < -0.4 is 0 Å². The average molecular weight is 613 g/mol. The number of thiophene rings is 1. The molecule has 10 rings (SSSR count). The molecule has 0 radical (unpaired) electrons. The summed E-state index contributed by atoms with van der Waals surface area (Å²) in [6, 6.07) is 62.6. The zero-order valence-corrected chi connectivity index (χ0v) is 26.4. The van der Waals surface area contributed by atoms with Gasteiger partial charge in [-0.15, -0.1) is 11.3 Å². The Hall–Kier alpha value is -5.76. The molecule has 10 aromatic rings. The van der Waals surface area contributed by atoms with Crippen molar-refractivity contribution in [3.05, 3.63) is 170 Å². The monoisotopic (exact) mass is 612 g/mol. The highest BCUT2D eigenvalue weighted by Gasteiger charge is 2.21. The summed E-state index contributed by atoms with van der Waals surface area (Å²) in [5.74, 6) is 0. The minimum atomic E-state index is 1.22. The van der Waals surface area contributed by atoms with Gasteiger partial charge in [-0.25, -0.2) is 0 Å². The van der Waals surface area contributed by atoms with Gasteiger partial charge in [-0.1, -0.05) is 146 Å². The predicted octanol–water partition coefficient (Wildman–Crippen LogP) is 13.6. The van der Waals surface area contributed by atoms with Crippen molar-refractivity contribution in [3.8, 4) is 44.5 Å². The lowest BCUT2D eigenvalue weighted by Crippen LogP contribution is -1.92. The number of fused-ring (bicyclic) bond motifs is 2. The van der Waals surface area contributed by atoms with E-state index < -0.39 is 0 Å².